The molecule has 0 unspecified atom stereocenters. The molecule has 0 N–H and O–H groups in total. The van der Waals surface area contributed by atoms with Gasteiger partial charge in [-0.15, -0.1) is 0 Å². The van der Waals surface area contributed by atoms with Crippen LogP contribution in [0.3, 0.4) is 0 Å². The maximum atomic E-state index is 11.7. The minimum Gasteiger partial charge on any atom is -0.358 e. The molecule has 2 aromatic heterocycles. The van der Waals surface area contributed by atoms with E-state index in [2.05, 4.69) is 34.1 Å². The molecule has 3 heterocycles. The number of aryl methyl sites for hydroxylation is 1. The maximum Gasteiger partial charge on any atom is 0.372 e. The first-order valence-electron chi connectivity index (χ1n) is 8.66. The lowest BCUT2D eigenvalue weighted by molar-refractivity contribution is -0.389. The minimum atomic E-state index is -0.318. The van der Waals surface area contributed by atoms with E-state index in [1.165, 1.54) is 5.56 Å². The minimum absolute atomic E-state index is 0.0715. The summed E-state index contributed by atoms with van der Waals surface area (Å²) in [5, 5.41) is 11.7. The van der Waals surface area contributed by atoms with E-state index in [0.29, 0.717) is 17.5 Å². The predicted octanol–water partition coefficient (Wildman–Crippen LogP) is 3.84. The summed E-state index contributed by atoms with van der Waals surface area (Å²) in [6.07, 6.45) is 5.76. The summed E-state index contributed by atoms with van der Waals surface area (Å²) >= 11 is 0. The Bertz CT molecular complexity index is 891. The van der Waals surface area contributed by atoms with E-state index in [9.17, 15) is 10.1 Å². The number of nitro groups is 1. The van der Waals surface area contributed by atoms with Crippen LogP contribution in [-0.2, 0) is 6.42 Å². The highest BCUT2D eigenvalue weighted by atomic mass is 16.6. The smallest absolute Gasteiger partial charge is 0.358 e. The highest BCUT2D eigenvalue weighted by Crippen LogP contribution is 2.35. The van der Waals surface area contributed by atoms with Gasteiger partial charge in [-0.25, -0.2) is 0 Å². The number of fused-ring (bicyclic) bond motifs is 1. The molecule has 0 radical (unpaired) electrons. The third kappa shape index (κ3) is 2.95. The molecule has 1 atom stereocenters. The van der Waals surface area contributed by atoms with Crippen LogP contribution in [0.15, 0.2) is 54.7 Å². The van der Waals surface area contributed by atoms with E-state index in [1.807, 2.05) is 18.2 Å². The first kappa shape index (κ1) is 15.6. The van der Waals surface area contributed by atoms with E-state index in [1.54, 1.807) is 16.7 Å². The molecule has 0 bridgehead atoms. The standard InChI is InChI=1S/C19H20N4O2/c24-23(25)19-18(20-17-10-4-5-13-22(17)19)21-14-6-9-16(21)12-11-15-7-2-1-3-8-15/h1-5,7-8,10,13,16H,6,9,11-12,14H2/t16-/m0/s1. The Balaban J connectivity index is 1.63. The first-order valence-corrected chi connectivity index (χ1v) is 8.66. The van der Waals surface area contributed by atoms with Crippen molar-refractivity contribution in [2.75, 3.05) is 11.4 Å². The highest BCUT2D eigenvalue weighted by molar-refractivity contribution is 5.64. The third-order valence-electron chi connectivity index (χ3n) is 4.92. The van der Waals surface area contributed by atoms with Crippen LogP contribution in [0.4, 0.5) is 11.6 Å². The summed E-state index contributed by atoms with van der Waals surface area (Å²) in [6, 6.07) is 16.1. The SMILES string of the molecule is O=[N+]([O-])c1c(N2CCC[C@H]2CCc2ccccc2)nc2ccccn12. The Morgan fingerprint density at radius 3 is 2.76 bits per heavy atom. The van der Waals surface area contributed by atoms with Crippen molar-refractivity contribution < 1.29 is 4.92 Å². The predicted molar refractivity (Wildman–Crippen MR) is 97.0 cm³/mol. The Morgan fingerprint density at radius 1 is 1.16 bits per heavy atom. The van der Waals surface area contributed by atoms with Crippen molar-refractivity contribution in [2.45, 2.75) is 31.7 Å². The average molecular weight is 336 g/mol. The van der Waals surface area contributed by atoms with Crippen LogP contribution in [0.25, 0.3) is 5.65 Å². The number of anilines is 1. The zero-order valence-electron chi connectivity index (χ0n) is 13.9. The Morgan fingerprint density at radius 2 is 1.96 bits per heavy atom. The summed E-state index contributed by atoms with van der Waals surface area (Å²) in [5.41, 5.74) is 1.93. The van der Waals surface area contributed by atoms with Gasteiger partial charge in [0.05, 0.1) is 6.20 Å². The van der Waals surface area contributed by atoms with E-state index in [-0.39, 0.29) is 10.7 Å². The molecule has 6 nitrogen and oxygen atoms in total. The lowest BCUT2D eigenvalue weighted by atomic mass is 10.0. The summed E-state index contributed by atoms with van der Waals surface area (Å²) in [4.78, 5) is 18.0. The van der Waals surface area contributed by atoms with Gasteiger partial charge in [0.1, 0.15) is 0 Å². The van der Waals surface area contributed by atoms with Crippen molar-refractivity contribution >= 4 is 17.3 Å². The van der Waals surface area contributed by atoms with Crippen molar-refractivity contribution in [1.29, 1.82) is 0 Å². The Hall–Kier alpha value is -2.89. The normalized spacial score (nSPS) is 17.3. The van der Waals surface area contributed by atoms with Gasteiger partial charge in [-0.05, 0) is 42.2 Å². The second-order valence-electron chi connectivity index (χ2n) is 6.46. The van der Waals surface area contributed by atoms with Crippen LogP contribution < -0.4 is 4.90 Å². The van der Waals surface area contributed by atoms with Crippen molar-refractivity contribution in [3.63, 3.8) is 0 Å². The number of pyridine rings is 1. The third-order valence-corrected chi connectivity index (χ3v) is 4.92. The zero-order chi connectivity index (χ0) is 17.2. The van der Waals surface area contributed by atoms with Gasteiger partial charge >= 0.3 is 5.82 Å². The van der Waals surface area contributed by atoms with Crippen LogP contribution >= 0.6 is 0 Å². The van der Waals surface area contributed by atoms with Gasteiger partial charge in [-0.1, -0.05) is 36.4 Å². The lowest BCUT2D eigenvalue weighted by Crippen LogP contribution is -2.30. The molecule has 3 aromatic rings. The van der Waals surface area contributed by atoms with E-state index in [4.69, 9.17) is 0 Å². The molecule has 0 aliphatic carbocycles. The molecular formula is C19H20N4O2. The molecular weight excluding hydrogens is 316 g/mol. The maximum absolute atomic E-state index is 11.7. The molecule has 6 heteroatoms. The van der Waals surface area contributed by atoms with Crippen LogP contribution in [0.5, 0.6) is 0 Å². The summed E-state index contributed by atoms with van der Waals surface area (Å²) in [6.45, 7) is 0.824. The fourth-order valence-corrected chi connectivity index (χ4v) is 3.73. The van der Waals surface area contributed by atoms with E-state index < -0.39 is 0 Å². The number of hydrogen-bond acceptors (Lipinski definition) is 4. The lowest BCUT2D eigenvalue weighted by Gasteiger charge is -2.24. The van der Waals surface area contributed by atoms with E-state index >= 15 is 0 Å². The molecule has 0 amide bonds. The molecule has 1 aliphatic heterocycles. The van der Waals surface area contributed by atoms with Crippen molar-refractivity contribution in [2.24, 2.45) is 0 Å². The summed E-state index contributed by atoms with van der Waals surface area (Å²) in [7, 11) is 0. The Labute approximate surface area is 145 Å². The van der Waals surface area contributed by atoms with Gasteiger partial charge in [0.25, 0.3) is 0 Å². The molecule has 0 spiro atoms. The zero-order valence-corrected chi connectivity index (χ0v) is 13.9. The number of rotatable bonds is 5. The number of hydrogen-bond donors (Lipinski definition) is 0. The van der Waals surface area contributed by atoms with Gasteiger partial charge in [0.15, 0.2) is 0 Å². The highest BCUT2D eigenvalue weighted by Gasteiger charge is 2.33. The molecule has 1 fully saturated rings. The number of aromatic nitrogens is 2. The average Bonchev–Trinajstić information content (AvgIpc) is 3.24. The number of nitrogens with zero attached hydrogens (tertiary/aromatic N) is 4. The molecule has 4 rings (SSSR count). The Kier molecular flexibility index (Phi) is 4.09. The van der Waals surface area contributed by atoms with Crippen molar-refractivity contribution in [1.82, 2.24) is 9.38 Å². The van der Waals surface area contributed by atoms with Gasteiger partial charge in [0.2, 0.25) is 11.5 Å². The molecule has 128 valence electrons. The number of benzene rings is 1. The largest absolute Gasteiger partial charge is 0.372 e. The molecule has 25 heavy (non-hydrogen) atoms. The second kappa shape index (κ2) is 6.55. The van der Waals surface area contributed by atoms with Gasteiger partial charge in [0, 0.05) is 18.7 Å². The first-order chi connectivity index (χ1) is 12.2. The van der Waals surface area contributed by atoms with Gasteiger partial charge < -0.3 is 15.0 Å². The fourth-order valence-electron chi connectivity index (χ4n) is 3.73. The van der Waals surface area contributed by atoms with Gasteiger partial charge in [-0.3, -0.25) is 0 Å². The molecule has 1 saturated heterocycles. The molecule has 1 aliphatic rings. The van der Waals surface area contributed by atoms with Crippen LogP contribution in [0.2, 0.25) is 0 Å². The molecule has 1 aromatic carbocycles. The second-order valence-corrected chi connectivity index (χ2v) is 6.46. The summed E-state index contributed by atoms with van der Waals surface area (Å²) < 4.78 is 1.57. The van der Waals surface area contributed by atoms with Crippen LogP contribution in [-0.4, -0.2) is 26.9 Å². The molecule has 0 saturated carbocycles. The van der Waals surface area contributed by atoms with Crippen molar-refractivity contribution in [3.8, 4) is 0 Å². The van der Waals surface area contributed by atoms with Crippen LogP contribution in [0, 0.1) is 10.1 Å². The summed E-state index contributed by atoms with van der Waals surface area (Å²) in [5.74, 6) is 0.578. The quantitative estimate of drug-likeness (QED) is 0.524. The van der Waals surface area contributed by atoms with Gasteiger partial charge in [-0.2, -0.15) is 9.38 Å². The number of imidazole rings is 1. The topological polar surface area (TPSA) is 63.7 Å². The fraction of sp³-hybridized carbons (Fsp3) is 0.316. The van der Waals surface area contributed by atoms with Crippen LogP contribution in [0.1, 0.15) is 24.8 Å². The van der Waals surface area contributed by atoms with E-state index in [0.717, 1.165) is 32.2 Å². The monoisotopic (exact) mass is 336 g/mol. The van der Waals surface area contributed by atoms with Crippen molar-refractivity contribution in [3.05, 3.63) is 70.4 Å².